The number of likely N-dealkylation sites (tertiary alicyclic amines) is 1. The van der Waals surface area contributed by atoms with Crippen molar-refractivity contribution in [3.63, 3.8) is 0 Å². The molecule has 0 spiro atoms. The van der Waals surface area contributed by atoms with Gasteiger partial charge < -0.3 is 29.7 Å². The number of nitrogens with zero attached hydrogens (tertiary/aromatic N) is 7. The van der Waals surface area contributed by atoms with Gasteiger partial charge in [-0.3, -0.25) is 24.6 Å². The maximum Gasteiger partial charge on any atom is 0.343 e. The number of aromatic nitrogens is 2. The van der Waals surface area contributed by atoms with Gasteiger partial charge in [0.1, 0.15) is 17.9 Å². The van der Waals surface area contributed by atoms with Crippen molar-refractivity contribution >= 4 is 82.3 Å². The molecule has 2 bridgehead atoms. The quantitative estimate of drug-likeness (QED) is 0.128. The first-order valence-electron chi connectivity index (χ1n) is 20.1. The molecule has 6 heterocycles. The summed E-state index contributed by atoms with van der Waals surface area (Å²) in [6, 6.07) is 18.8. The average molecular weight is 853 g/mol. The fraction of sp³-hybridized carbons (Fsp3) is 0.381. The summed E-state index contributed by atoms with van der Waals surface area (Å²) in [5.41, 5.74) is 3.91. The van der Waals surface area contributed by atoms with Crippen LogP contribution >= 0.6 is 18.7 Å². The van der Waals surface area contributed by atoms with Crippen molar-refractivity contribution in [3.05, 3.63) is 83.0 Å². The van der Waals surface area contributed by atoms with E-state index >= 15 is 0 Å². The molecule has 60 heavy (non-hydrogen) atoms. The van der Waals surface area contributed by atoms with E-state index in [0.717, 1.165) is 73.4 Å². The first kappa shape index (κ1) is 39.7. The van der Waals surface area contributed by atoms with E-state index in [1.54, 1.807) is 32.6 Å². The van der Waals surface area contributed by atoms with E-state index in [1.807, 2.05) is 42.5 Å². The number of fused-ring (bicyclic) bond motifs is 3. The van der Waals surface area contributed by atoms with Crippen LogP contribution in [0.2, 0.25) is 5.02 Å². The Labute approximate surface area is 352 Å². The van der Waals surface area contributed by atoms with Crippen LogP contribution < -0.4 is 35.8 Å². The van der Waals surface area contributed by atoms with Gasteiger partial charge in [-0.1, -0.05) is 23.7 Å². The molecule has 3 N–H and O–H groups in total. The van der Waals surface area contributed by atoms with Crippen LogP contribution in [0.1, 0.15) is 46.4 Å². The second kappa shape index (κ2) is 15.7. The third-order valence-electron chi connectivity index (χ3n) is 12.2. The number of hydrogen-bond donors (Lipinski definition) is 3. The van der Waals surface area contributed by atoms with E-state index in [2.05, 4.69) is 46.7 Å². The Bertz CT molecular complexity index is 2460. The van der Waals surface area contributed by atoms with Gasteiger partial charge >= 0.3 is 6.03 Å². The Balaban J connectivity index is 0.786. The Morgan fingerprint density at radius 1 is 0.883 bits per heavy atom. The molecule has 0 radical (unpaired) electrons. The topological polar surface area (TPSA) is 173 Å². The highest BCUT2D eigenvalue weighted by Gasteiger charge is 2.46. The molecular weight excluding hydrogens is 807 g/mol. The van der Waals surface area contributed by atoms with Crippen LogP contribution in [0.5, 0.6) is 5.75 Å². The lowest BCUT2D eigenvalue weighted by Gasteiger charge is -2.40. The van der Waals surface area contributed by atoms with Crippen LogP contribution in [-0.4, -0.2) is 120 Å². The molecule has 3 aromatic carbocycles. The molecule has 18 heteroatoms. The number of hydrogen-bond acceptors (Lipinski definition) is 13. The van der Waals surface area contributed by atoms with Gasteiger partial charge in [-0.2, -0.15) is 9.99 Å². The standard InChI is InChI=1S/C42H46ClN10O6P/c1-59-35-20-26(9-11-33(35)46-41-44-21-32(43)38(48-41)45-34-6-4-5-7-36(34)60(2,3)58)49-15-12-25(13-16-49)22-50-23-29-18-28(50)24-51(29)27-8-10-30-31(19-27)40(56)53(39(30)55)52-17-14-37(54)47-42(52)57/h4-11,19-21,25,28-29H,12-18,22-24H2,1-3H3,(H,47,54,57)(H2,44,45,46,48)/t28-,29-/m1/s1. The lowest BCUT2D eigenvalue weighted by molar-refractivity contribution is -0.122. The summed E-state index contributed by atoms with van der Waals surface area (Å²) < 4.78 is 18.7. The third kappa shape index (κ3) is 7.52. The number of carbonyl (C=O) groups is 4. The molecule has 4 fully saturated rings. The Kier molecular flexibility index (Phi) is 10.4. The zero-order chi connectivity index (χ0) is 41.9. The van der Waals surface area contributed by atoms with Gasteiger partial charge in [-0.25, -0.2) is 14.8 Å². The number of methoxy groups -OCH3 is 1. The summed E-state index contributed by atoms with van der Waals surface area (Å²) in [5.74, 6) is 0.419. The minimum absolute atomic E-state index is 0.0184. The number of urea groups is 1. The van der Waals surface area contributed by atoms with Crippen LogP contribution in [0.3, 0.4) is 0 Å². The molecule has 0 saturated carbocycles. The van der Waals surface area contributed by atoms with Crippen LogP contribution in [0, 0.1) is 5.92 Å². The molecule has 4 saturated heterocycles. The lowest BCUT2D eigenvalue weighted by Crippen LogP contribution is -2.58. The van der Waals surface area contributed by atoms with Crippen LogP contribution in [0.4, 0.5) is 39.3 Å². The molecule has 0 aliphatic carbocycles. The summed E-state index contributed by atoms with van der Waals surface area (Å²) in [7, 11) is -0.916. The van der Waals surface area contributed by atoms with Crippen molar-refractivity contribution < 1.29 is 28.5 Å². The fourth-order valence-corrected chi connectivity index (χ4v) is 10.4. The zero-order valence-electron chi connectivity index (χ0n) is 33.6. The van der Waals surface area contributed by atoms with Crippen molar-refractivity contribution in [3.8, 4) is 5.75 Å². The SMILES string of the molecule is COc1cc(N2CCC(CN3C[C@H]4C[C@@H]3CN4c3ccc4c(c3)C(=O)N(N3CCC(=O)NC3=O)C4=O)CC2)ccc1Nc1ncc(Cl)c(Nc2ccccc2P(C)(C)=O)n1. The molecule has 4 aromatic rings. The van der Waals surface area contributed by atoms with Gasteiger partial charge in [0, 0.05) is 74.0 Å². The highest BCUT2D eigenvalue weighted by molar-refractivity contribution is 7.70. The van der Waals surface area contributed by atoms with Gasteiger partial charge in [0.2, 0.25) is 11.9 Å². The van der Waals surface area contributed by atoms with E-state index in [9.17, 15) is 23.7 Å². The summed E-state index contributed by atoms with van der Waals surface area (Å²) in [6.45, 7) is 8.12. The summed E-state index contributed by atoms with van der Waals surface area (Å²) in [5, 5.41) is 11.6. The number of anilines is 6. The second-order valence-corrected chi connectivity index (χ2v) is 19.9. The number of piperazine rings is 1. The first-order valence-corrected chi connectivity index (χ1v) is 23.1. The van der Waals surface area contributed by atoms with Gasteiger partial charge in [0.05, 0.1) is 42.4 Å². The number of amides is 5. The number of hydrazine groups is 1. The Morgan fingerprint density at radius 2 is 1.65 bits per heavy atom. The summed E-state index contributed by atoms with van der Waals surface area (Å²) in [4.78, 5) is 67.0. The number of imide groups is 2. The zero-order valence-corrected chi connectivity index (χ0v) is 35.2. The molecule has 5 aliphatic rings. The van der Waals surface area contributed by atoms with Crippen LogP contribution in [0.25, 0.3) is 0 Å². The Hall–Kier alpha value is -5.70. The van der Waals surface area contributed by atoms with Gasteiger partial charge in [0.15, 0.2) is 5.82 Å². The number of nitrogens with one attached hydrogen (secondary N) is 3. The number of halogens is 1. The molecule has 5 amide bonds. The minimum atomic E-state index is -2.56. The van der Waals surface area contributed by atoms with Crippen molar-refractivity contribution in [2.45, 2.75) is 37.8 Å². The van der Waals surface area contributed by atoms with Crippen LogP contribution in [-0.2, 0) is 9.36 Å². The van der Waals surface area contributed by atoms with E-state index in [0.29, 0.717) is 57.2 Å². The predicted octanol–water partition coefficient (Wildman–Crippen LogP) is 5.51. The fourth-order valence-electron chi connectivity index (χ4n) is 9.15. The molecule has 0 unspecified atom stereocenters. The van der Waals surface area contributed by atoms with E-state index in [4.69, 9.17) is 16.3 Å². The maximum atomic E-state index is 13.4. The normalized spacial score (nSPS) is 20.9. The lowest BCUT2D eigenvalue weighted by atomic mass is 9.95. The van der Waals surface area contributed by atoms with Crippen LogP contribution in [0.15, 0.2) is 66.9 Å². The number of para-hydroxylation sites is 1. The number of ether oxygens (including phenoxy) is 1. The molecule has 5 aliphatic heterocycles. The van der Waals surface area contributed by atoms with Crippen molar-refractivity contribution in [2.75, 3.05) is 80.1 Å². The number of benzene rings is 3. The van der Waals surface area contributed by atoms with Gasteiger partial charge in [0.25, 0.3) is 11.8 Å². The smallest absolute Gasteiger partial charge is 0.343 e. The first-order chi connectivity index (χ1) is 28.8. The van der Waals surface area contributed by atoms with E-state index in [1.165, 1.54) is 6.20 Å². The minimum Gasteiger partial charge on any atom is -0.494 e. The molecule has 312 valence electrons. The molecule has 16 nitrogen and oxygen atoms in total. The number of carbonyl (C=O) groups excluding carboxylic acids is 4. The Morgan fingerprint density at radius 3 is 2.38 bits per heavy atom. The molecular formula is C42H46ClN10O6P. The number of piperidine rings is 1. The highest BCUT2D eigenvalue weighted by Crippen LogP contribution is 2.41. The van der Waals surface area contributed by atoms with Crippen molar-refractivity contribution in [1.82, 2.24) is 30.2 Å². The van der Waals surface area contributed by atoms with E-state index in [-0.39, 0.29) is 24.1 Å². The molecule has 1 aromatic heterocycles. The average Bonchev–Trinajstić information content (AvgIpc) is 3.90. The highest BCUT2D eigenvalue weighted by atomic mass is 35.5. The monoisotopic (exact) mass is 852 g/mol. The summed E-state index contributed by atoms with van der Waals surface area (Å²) >= 11 is 6.48. The van der Waals surface area contributed by atoms with Gasteiger partial charge in [-0.15, -0.1) is 0 Å². The van der Waals surface area contributed by atoms with Gasteiger partial charge in [-0.05, 0) is 81.0 Å². The predicted molar refractivity (Wildman–Crippen MR) is 230 cm³/mol. The third-order valence-corrected chi connectivity index (χ3v) is 14.0. The van der Waals surface area contributed by atoms with Crippen molar-refractivity contribution in [1.29, 1.82) is 0 Å². The number of rotatable bonds is 11. The summed E-state index contributed by atoms with van der Waals surface area (Å²) in [6.07, 6.45) is 4.73. The maximum absolute atomic E-state index is 13.4. The van der Waals surface area contributed by atoms with E-state index < -0.39 is 30.9 Å². The largest absolute Gasteiger partial charge is 0.494 e. The second-order valence-electron chi connectivity index (χ2n) is 16.4. The van der Waals surface area contributed by atoms with Crippen molar-refractivity contribution in [2.24, 2.45) is 5.92 Å². The molecule has 2 atom stereocenters. The molecule has 9 rings (SSSR count).